The van der Waals surface area contributed by atoms with E-state index in [1.54, 1.807) is 28.8 Å². The van der Waals surface area contributed by atoms with Crippen LogP contribution in [0.15, 0.2) is 42.6 Å². The van der Waals surface area contributed by atoms with E-state index in [0.717, 1.165) is 5.56 Å². The zero-order valence-corrected chi connectivity index (χ0v) is 16.6. The molecule has 3 heterocycles. The maximum Gasteiger partial charge on any atom is 0.252 e. The first-order chi connectivity index (χ1) is 14.5. The summed E-state index contributed by atoms with van der Waals surface area (Å²) in [6, 6.07) is 9.70. The maximum absolute atomic E-state index is 13.5. The van der Waals surface area contributed by atoms with E-state index in [4.69, 9.17) is 5.73 Å². The molecule has 152 valence electrons. The Morgan fingerprint density at radius 1 is 1.20 bits per heavy atom. The van der Waals surface area contributed by atoms with Gasteiger partial charge in [-0.3, -0.25) is 9.20 Å². The van der Waals surface area contributed by atoms with Crippen LogP contribution in [0.2, 0.25) is 0 Å². The molecule has 0 unspecified atom stereocenters. The summed E-state index contributed by atoms with van der Waals surface area (Å²) in [5.41, 5.74) is 8.97. The van der Waals surface area contributed by atoms with Crippen LogP contribution in [-0.2, 0) is 13.0 Å². The maximum atomic E-state index is 13.5. The first kappa shape index (κ1) is 19.4. The first-order valence-electron chi connectivity index (χ1n) is 9.47. The predicted molar refractivity (Wildman–Crippen MR) is 110 cm³/mol. The molecule has 0 bridgehead atoms. The molecular formula is C21H20FN7O. The van der Waals surface area contributed by atoms with Crippen LogP contribution >= 0.6 is 0 Å². The molecular weight excluding hydrogens is 385 g/mol. The van der Waals surface area contributed by atoms with Gasteiger partial charge in [-0.15, -0.1) is 10.2 Å². The van der Waals surface area contributed by atoms with Gasteiger partial charge in [-0.05, 0) is 43.2 Å². The number of imidazole rings is 1. The van der Waals surface area contributed by atoms with Crippen LogP contribution in [0.3, 0.4) is 0 Å². The summed E-state index contributed by atoms with van der Waals surface area (Å²) in [6.45, 7) is 4.15. The van der Waals surface area contributed by atoms with Crippen LogP contribution in [0.1, 0.15) is 34.2 Å². The Bertz CT molecular complexity index is 1250. The number of amides is 1. The number of nitrogens with zero attached hydrogens (tertiary/aromatic N) is 5. The second kappa shape index (κ2) is 7.86. The second-order valence-electron chi connectivity index (χ2n) is 6.79. The number of carbonyl (C=O) groups is 1. The molecule has 0 saturated heterocycles. The van der Waals surface area contributed by atoms with Crippen molar-refractivity contribution in [2.75, 3.05) is 5.32 Å². The van der Waals surface area contributed by atoms with Gasteiger partial charge in [0.2, 0.25) is 5.82 Å². The van der Waals surface area contributed by atoms with E-state index in [1.807, 2.05) is 19.9 Å². The molecule has 30 heavy (non-hydrogen) atoms. The van der Waals surface area contributed by atoms with E-state index in [2.05, 4.69) is 25.5 Å². The van der Waals surface area contributed by atoms with Crippen LogP contribution in [0, 0.1) is 12.7 Å². The smallest absolute Gasteiger partial charge is 0.252 e. The molecule has 4 aromatic rings. The van der Waals surface area contributed by atoms with E-state index in [-0.39, 0.29) is 5.82 Å². The van der Waals surface area contributed by atoms with Gasteiger partial charge in [-0.25, -0.2) is 14.4 Å². The highest BCUT2D eigenvalue weighted by molar-refractivity contribution is 5.99. The Hall–Kier alpha value is -3.88. The zero-order chi connectivity index (χ0) is 21.3. The third-order valence-electron chi connectivity index (χ3n) is 4.74. The molecule has 0 aliphatic carbocycles. The summed E-state index contributed by atoms with van der Waals surface area (Å²) >= 11 is 0. The minimum absolute atomic E-state index is 0.293. The average Bonchev–Trinajstić information content (AvgIpc) is 3.07. The molecule has 0 aliphatic heterocycles. The summed E-state index contributed by atoms with van der Waals surface area (Å²) in [7, 11) is 0. The van der Waals surface area contributed by atoms with Crippen LogP contribution < -0.4 is 11.1 Å². The van der Waals surface area contributed by atoms with E-state index in [9.17, 15) is 9.18 Å². The van der Waals surface area contributed by atoms with Crippen LogP contribution in [0.4, 0.5) is 10.2 Å². The molecule has 0 fully saturated rings. The van der Waals surface area contributed by atoms with E-state index >= 15 is 0 Å². The Morgan fingerprint density at radius 3 is 2.77 bits per heavy atom. The number of benzene rings is 1. The quantitative estimate of drug-likeness (QED) is 0.510. The Kier molecular flexibility index (Phi) is 5.09. The molecule has 1 amide bonds. The van der Waals surface area contributed by atoms with Crippen LogP contribution in [0.25, 0.3) is 17.2 Å². The number of carbonyl (C=O) groups excluding carboxylic acids is 1. The number of halogens is 1. The number of pyridine rings is 1. The lowest BCUT2D eigenvalue weighted by molar-refractivity contribution is 0.100. The number of nitrogens with one attached hydrogen (secondary N) is 1. The van der Waals surface area contributed by atoms with E-state index in [0.29, 0.717) is 52.9 Å². The lowest BCUT2D eigenvalue weighted by atomic mass is 10.2. The first-order valence-corrected chi connectivity index (χ1v) is 9.47. The Labute approximate surface area is 172 Å². The predicted octanol–water partition coefficient (Wildman–Crippen LogP) is 2.91. The zero-order valence-electron chi connectivity index (χ0n) is 16.6. The number of fused-ring (bicyclic) bond motifs is 1. The van der Waals surface area contributed by atoms with E-state index < -0.39 is 5.91 Å². The van der Waals surface area contributed by atoms with Crippen LogP contribution in [-0.4, -0.2) is 30.5 Å². The van der Waals surface area contributed by atoms with Gasteiger partial charge in [-0.1, -0.05) is 19.1 Å². The number of hydrogen-bond acceptors (Lipinski definition) is 6. The van der Waals surface area contributed by atoms with Gasteiger partial charge in [0.15, 0.2) is 5.82 Å². The Balaban J connectivity index is 1.75. The molecule has 0 aliphatic rings. The number of aromatic nitrogens is 5. The number of aryl methyl sites for hydroxylation is 2. The Morgan fingerprint density at radius 2 is 2.03 bits per heavy atom. The van der Waals surface area contributed by atoms with Crippen LogP contribution in [0.5, 0.6) is 0 Å². The van der Waals surface area contributed by atoms with Crippen molar-refractivity contribution in [1.29, 1.82) is 0 Å². The van der Waals surface area contributed by atoms with Crippen molar-refractivity contribution in [1.82, 2.24) is 24.6 Å². The molecule has 0 atom stereocenters. The van der Waals surface area contributed by atoms with E-state index in [1.165, 1.54) is 12.1 Å². The van der Waals surface area contributed by atoms with Crippen molar-refractivity contribution in [3.05, 3.63) is 70.9 Å². The number of nitrogens with two attached hydrogens (primary N) is 1. The SMILES string of the molecule is CCc1nnc(-c2c(C)nc3c(C(N)=O)cccn23)nc1NCc1cccc(F)c1. The van der Waals surface area contributed by atoms with Gasteiger partial charge in [0.05, 0.1) is 11.3 Å². The van der Waals surface area contributed by atoms with Crippen molar-refractivity contribution in [3.63, 3.8) is 0 Å². The van der Waals surface area contributed by atoms with Crippen molar-refractivity contribution < 1.29 is 9.18 Å². The minimum Gasteiger partial charge on any atom is -0.365 e. The number of primary amides is 1. The van der Waals surface area contributed by atoms with Crippen molar-refractivity contribution >= 4 is 17.4 Å². The van der Waals surface area contributed by atoms with Crippen molar-refractivity contribution in [3.8, 4) is 11.5 Å². The monoisotopic (exact) mass is 405 g/mol. The fourth-order valence-electron chi connectivity index (χ4n) is 3.30. The van der Waals surface area contributed by atoms with Gasteiger partial charge in [0.1, 0.15) is 22.9 Å². The summed E-state index contributed by atoms with van der Waals surface area (Å²) in [5.74, 6) is 0.0702. The molecule has 8 nitrogen and oxygen atoms in total. The molecule has 4 rings (SSSR count). The molecule has 0 saturated carbocycles. The van der Waals surface area contributed by atoms with Gasteiger partial charge in [0.25, 0.3) is 5.91 Å². The van der Waals surface area contributed by atoms with Crippen molar-refractivity contribution in [2.45, 2.75) is 26.8 Å². The topological polar surface area (TPSA) is 111 Å². The van der Waals surface area contributed by atoms with Gasteiger partial charge < -0.3 is 11.1 Å². The van der Waals surface area contributed by atoms with Gasteiger partial charge in [-0.2, -0.15) is 0 Å². The fraction of sp³-hybridized carbons (Fsp3) is 0.190. The summed E-state index contributed by atoms with van der Waals surface area (Å²) in [6.07, 6.45) is 2.40. The minimum atomic E-state index is -0.560. The van der Waals surface area contributed by atoms with Gasteiger partial charge in [0, 0.05) is 12.7 Å². The molecule has 3 N–H and O–H groups in total. The highest BCUT2D eigenvalue weighted by atomic mass is 19.1. The largest absolute Gasteiger partial charge is 0.365 e. The second-order valence-corrected chi connectivity index (χ2v) is 6.79. The highest BCUT2D eigenvalue weighted by Gasteiger charge is 2.19. The number of anilines is 1. The molecule has 0 radical (unpaired) electrons. The third-order valence-corrected chi connectivity index (χ3v) is 4.74. The van der Waals surface area contributed by atoms with Crippen molar-refractivity contribution in [2.24, 2.45) is 5.73 Å². The fourth-order valence-corrected chi connectivity index (χ4v) is 3.30. The highest BCUT2D eigenvalue weighted by Crippen LogP contribution is 2.25. The normalized spacial score (nSPS) is 11.0. The number of hydrogen-bond donors (Lipinski definition) is 2. The third kappa shape index (κ3) is 3.57. The lowest BCUT2D eigenvalue weighted by Gasteiger charge is -2.11. The molecule has 3 aromatic heterocycles. The number of rotatable bonds is 6. The molecule has 9 heteroatoms. The molecule has 1 aromatic carbocycles. The summed E-state index contributed by atoms with van der Waals surface area (Å²) in [5, 5.41) is 11.8. The average molecular weight is 405 g/mol. The summed E-state index contributed by atoms with van der Waals surface area (Å²) in [4.78, 5) is 20.9. The standard InChI is InChI=1S/C21H20FN7O/c1-3-16-19(24-11-13-6-4-7-14(22)10-13)26-20(28-27-16)17-12(2)25-21-15(18(23)30)8-5-9-29(17)21/h4-10H,3,11H2,1-2H3,(H2,23,30)(H,24,26,28). The lowest BCUT2D eigenvalue weighted by Crippen LogP contribution is -2.13. The molecule has 0 spiro atoms. The summed E-state index contributed by atoms with van der Waals surface area (Å²) < 4.78 is 15.2. The van der Waals surface area contributed by atoms with Gasteiger partial charge >= 0.3 is 0 Å².